The van der Waals surface area contributed by atoms with Gasteiger partial charge in [-0.15, -0.1) is 6.58 Å². The number of urea groups is 1. The Bertz CT molecular complexity index is 309. The second-order valence-corrected chi connectivity index (χ2v) is 4.56. The number of hydrogen-bond donors (Lipinski definition) is 2. The molecule has 0 radical (unpaired) electrons. The molecule has 0 aliphatic carbocycles. The van der Waals surface area contributed by atoms with E-state index in [2.05, 4.69) is 11.9 Å². The van der Waals surface area contributed by atoms with E-state index in [0.717, 1.165) is 0 Å². The molecule has 0 aromatic rings. The van der Waals surface area contributed by atoms with Crippen LogP contribution in [0.15, 0.2) is 12.7 Å². The lowest BCUT2D eigenvalue weighted by atomic mass is 9.93. The average Bonchev–Trinajstić information content (AvgIpc) is 2.31. The van der Waals surface area contributed by atoms with Gasteiger partial charge in [-0.25, -0.2) is 9.59 Å². The highest BCUT2D eigenvalue weighted by Crippen LogP contribution is 2.16. The quantitative estimate of drug-likeness (QED) is 0.686. The van der Waals surface area contributed by atoms with Gasteiger partial charge in [-0.05, 0) is 26.7 Å². The standard InChI is InChI=1S/C13H24N2O3/c1-6-9-15(10(4)5)12(18)14-13(7-2,8-3)11(16)17/h6,10H,1,7-9H2,2-5H3,(H,14,18)(H,16,17). The van der Waals surface area contributed by atoms with Crippen molar-refractivity contribution in [3.8, 4) is 0 Å². The van der Waals surface area contributed by atoms with E-state index in [1.165, 1.54) is 0 Å². The predicted octanol–water partition coefficient (Wildman–Crippen LogP) is 2.24. The van der Waals surface area contributed by atoms with Gasteiger partial charge in [0.05, 0.1) is 0 Å². The molecule has 104 valence electrons. The summed E-state index contributed by atoms with van der Waals surface area (Å²) in [5.74, 6) is -0.997. The number of carboxylic acid groups (broad SMARTS) is 1. The van der Waals surface area contributed by atoms with Gasteiger partial charge >= 0.3 is 12.0 Å². The SMILES string of the molecule is C=CCN(C(=O)NC(CC)(CC)C(=O)O)C(C)C. The van der Waals surface area contributed by atoms with Crippen molar-refractivity contribution >= 4 is 12.0 Å². The highest BCUT2D eigenvalue weighted by Gasteiger charge is 2.37. The van der Waals surface area contributed by atoms with Crippen LogP contribution >= 0.6 is 0 Å². The molecule has 0 unspecified atom stereocenters. The number of rotatable bonds is 7. The summed E-state index contributed by atoms with van der Waals surface area (Å²) < 4.78 is 0. The van der Waals surface area contributed by atoms with Crippen LogP contribution in [0.1, 0.15) is 40.5 Å². The summed E-state index contributed by atoms with van der Waals surface area (Å²) in [6.45, 7) is 11.3. The highest BCUT2D eigenvalue weighted by atomic mass is 16.4. The second kappa shape index (κ2) is 7.03. The van der Waals surface area contributed by atoms with Crippen molar-refractivity contribution < 1.29 is 14.7 Å². The molecule has 0 rings (SSSR count). The molecule has 0 aliphatic rings. The van der Waals surface area contributed by atoms with Gasteiger partial charge in [0.1, 0.15) is 5.54 Å². The number of amides is 2. The van der Waals surface area contributed by atoms with E-state index in [9.17, 15) is 14.7 Å². The van der Waals surface area contributed by atoms with Crippen LogP contribution in [0.5, 0.6) is 0 Å². The van der Waals surface area contributed by atoms with Crippen LogP contribution in [-0.2, 0) is 4.79 Å². The number of carbonyl (C=O) groups is 2. The van der Waals surface area contributed by atoms with Crippen molar-refractivity contribution in [2.75, 3.05) is 6.54 Å². The number of nitrogens with zero attached hydrogens (tertiary/aromatic N) is 1. The van der Waals surface area contributed by atoms with Gasteiger partial charge in [-0.1, -0.05) is 19.9 Å². The Balaban J connectivity index is 4.98. The molecule has 0 aliphatic heterocycles. The predicted molar refractivity (Wildman–Crippen MR) is 71.5 cm³/mol. The van der Waals surface area contributed by atoms with Crippen LogP contribution in [0.3, 0.4) is 0 Å². The molecule has 0 saturated heterocycles. The lowest BCUT2D eigenvalue weighted by Gasteiger charge is -2.33. The Morgan fingerprint density at radius 1 is 1.39 bits per heavy atom. The van der Waals surface area contributed by atoms with Crippen molar-refractivity contribution in [3.05, 3.63) is 12.7 Å². The Hall–Kier alpha value is -1.52. The van der Waals surface area contributed by atoms with E-state index in [-0.39, 0.29) is 12.1 Å². The topological polar surface area (TPSA) is 69.6 Å². The van der Waals surface area contributed by atoms with Gasteiger partial charge in [0.2, 0.25) is 0 Å². The van der Waals surface area contributed by atoms with E-state index >= 15 is 0 Å². The molecule has 0 aromatic carbocycles. The number of carbonyl (C=O) groups excluding carboxylic acids is 1. The zero-order valence-corrected chi connectivity index (χ0v) is 11.7. The van der Waals surface area contributed by atoms with Crippen molar-refractivity contribution in [2.45, 2.75) is 52.1 Å². The lowest BCUT2D eigenvalue weighted by molar-refractivity contribution is -0.144. The largest absolute Gasteiger partial charge is 0.480 e. The Kier molecular flexibility index (Phi) is 6.44. The van der Waals surface area contributed by atoms with Gasteiger partial charge in [-0.3, -0.25) is 0 Å². The third-order valence-corrected chi connectivity index (χ3v) is 3.17. The summed E-state index contributed by atoms with van der Waals surface area (Å²) in [5.41, 5.74) is -1.19. The van der Waals surface area contributed by atoms with Gasteiger partial charge in [0.25, 0.3) is 0 Å². The van der Waals surface area contributed by atoms with Gasteiger partial charge < -0.3 is 15.3 Å². The molecular formula is C13H24N2O3. The summed E-state index contributed by atoms with van der Waals surface area (Å²) in [6.07, 6.45) is 2.33. The minimum Gasteiger partial charge on any atom is -0.480 e. The minimum absolute atomic E-state index is 0.0109. The summed E-state index contributed by atoms with van der Waals surface area (Å²) in [6, 6.07) is -0.376. The molecule has 2 N–H and O–H groups in total. The lowest BCUT2D eigenvalue weighted by Crippen LogP contribution is -2.58. The molecule has 0 bridgehead atoms. The zero-order chi connectivity index (χ0) is 14.3. The first-order chi connectivity index (χ1) is 8.34. The Labute approximate surface area is 109 Å². The Morgan fingerprint density at radius 2 is 1.89 bits per heavy atom. The first kappa shape index (κ1) is 16.5. The van der Waals surface area contributed by atoms with Crippen LogP contribution in [0.2, 0.25) is 0 Å². The van der Waals surface area contributed by atoms with E-state index in [4.69, 9.17) is 0 Å². The fourth-order valence-electron chi connectivity index (χ4n) is 1.73. The number of carboxylic acids is 1. The summed E-state index contributed by atoms with van der Waals surface area (Å²) in [5, 5.41) is 11.9. The molecule has 2 amide bonds. The minimum atomic E-state index is -1.19. The number of nitrogens with one attached hydrogen (secondary N) is 1. The van der Waals surface area contributed by atoms with Gasteiger partial charge in [0, 0.05) is 12.6 Å². The van der Waals surface area contributed by atoms with Crippen molar-refractivity contribution in [1.29, 1.82) is 0 Å². The molecule has 18 heavy (non-hydrogen) atoms. The zero-order valence-electron chi connectivity index (χ0n) is 11.7. The van der Waals surface area contributed by atoms with Gasteiger partial charge in [0.15, 0.2) is 0 Å². The molecule has 0 atom stereocenters. The van der Waals surface area contributed by atoms with Crippen LogP contribution in [0.25, 0.3) is 0 Å². The molecule has 0 fully saturated rings. The summed E-state index contributed by atoms with van der Waals surface area (Å²) >= 11 is 0. The first-order valence-corrected chi connectivity index (χ1v) is 6.27. The summed E-state index contributed by atoms with van der Waals surface area (Å²) in [7, 11) is 0. The monoisotopic (exact) mass is 256 g/mol. The molecule has 0 saturated carbocycles. The first-order valence-electron chi connectivity index (χ1n) is 6.27. The fraction of sp³-hybridized carbons (Fsp3) is 0.692. The van der Waals surface area contributed by atoms with E-state index in [1.54, 1.807) is 24.8 Å². The molecular weight excluding hydrogens is 232 g/mol. The second-order valence-electron chi connectivity index (χ2n) is 4.56. The van der Waals surface area contributed by atoms with Crippen LogP contribution in [0.4, 0.5) is 4.79 Å². The van der Waals surface area contributed by atoms with Crippen LogP contribution < -0.4 is 5.32 Å². The van der Waals surface area contributed by atoms with Crippen molar-refractivity contribution in [2.24, 2.45) is 0 Å². The molecule has 0 spiro atoms. The third-order valence-electron chi connectivity index (χ3n) is 3.17. The molecule has 0 heterocycles. The molecule has 5 nitrogen and oxygen atoms in total. The normalized spacial score (nSPS) is 11.2. The van der Waals surface area contributed by atoms with Crippen LogP contribution in [0, 0.1) is 0 Å². The van der Waals surface area contributed by atoms with Crippen molar-refractivity contribution in [3.63, 3.8) is 0 Å². The number of hydrogen-bond acceptors (Lipinski definition) is 2. The van der Waals surface area contributed by atoms with Gasteiger partial charge in [-0.2, -0.15) is 0 Å². The van der Waals surface area contributed by atoms with E-state index < -0.39 is 11.5 Å². The maximum Gasteiger partial charge on any atom is 0.329 e. The Morgan fingerprint density at radius 3 is 2.17 bits per heavy atom. The van der Waals surface area contributed by atoms with E-state index in [1.807, 2.05) is 13.8 Å². The highest BCUT2D eigenvalue weighted by molar-refractivity contribution is 5.86. The third kappa shape index (κ3) is 3.75. The average molecular weight is 256 g/mol. The van der Waals surface area contributed by atoms with Crippen LogP contribution in [-0.4, -0.2) is 40.1 Å². The fourth-order valence-corrected chi connectivity index (χ4v) is 1.73. The smallest absolute Gasteiger partial charge is 0.329 e. The molecule has 0 aromatic heterocycles. The molecule has 5 heteroatoms. The van der Waals surface area contributed by atoms with Crippen molar-refractivity contribution in [1.82, 2.24) is 10.2 Å². The van der Waals surface area contributed by atoms with E-state index in [0.29, 0.717) is 19.4 Å². The number of aliphatic carboxylic acids is 1. The maximum absolute atomic E-state index is 12.1. The summed E-state index contributed by atoms with van der Waals surface area (Å²) in [4.78, 5) is 25.0. The maximum atomic E-state index is 12.1.